The Morgan fingerprint density at radius 3 is 2.20 bits per heavy atom. The van der Waals surface area contributed by atoms with Gasteiger partial charge in [0.15, 0.2) is 0 Å². The minimum atomic E-state index is -0.00888. The number of hydroxylamine groups is 1. The molecule has 1 heterocycles. The van der Waals surface area contributed by atoms with E-state index in [2.05, 4.69) is 12.1 Å². The first-order valence-corrected chi connectivity index (χ1v) is 6.98. The first-order chi connectivity index (χ1) is 9.81. The van der Waals surface area contributed by atoms with Crippen molar-refractivity contribution in [3.05, 3.63) is 66.2 Å². The molecule has 3 heteroatoms. The fraction of sp³-hybridized carbons (Fsp3) is 0.294. The van der Waals surface area contributed by atoms with E-state index in [4.69, 9.17) is 4.84 Å². The summed E-state index contributed by atoms with van der Waals surface area (Å²) in [6, 6.07) is 20.3. The fourth-order valence-corrected chi connectivity index (χ4v) is 2.83. The fourth-order valence-electron chi connectivity index (χ4n) is 2.83. The molecule has 0 aromatic heterocycles. The quantitative estimate of drug-likeness (QED) is 0.929. The summed E-state index contributed by atoms with van der Waals surface area (Å²) >= 11 is 0. The molecule has 1 aliphatic heterocycles. The molecule has 2 aromatic carbocycles. The summed E-state index contributed by atoms with van der Waals surface area (Å²) in [7, 11) is 0. The molecule has 0 unspecified atom stereocenters. The van der Waals surface area contributed by atoms with E-state index >= 15 is 0 Å². The van der Waals surface area contributed by atoms with Crippen LogP contribution in [-0.4, -0.2) is 17.8 Å². The van der Waals surface area contributed by atoms with Crippen LogP contribution in [-0.2, 0) is 4.84 Å². The van der Waals surface area contributed by atoms with Gasteiger partial charge in [-0.3, -0.25) is 4.84 Å². The van der Waals surface area contributed by atoms with E-state index in [0.29, 0.717) is 0 Å². The Bertz CT molecular complexity index is 543. The molecule has 0 radical (unpaired) electrons. The molecular weight excluding hydrogens is 250 g/mol. The van der Waals surface area contributed by atoms with E-state index in [1.54, 1.807) is 0 Å². The smallest absolute Gasteiger partial charge is 0.0902 e. The highest BCUT2D eigenvalue weighted by atomic mass is 16.7. The van der Waals surface area contributed by atoms with E-state index < -0.39 is 0 Å². The number of hydrogen-bond donors (Lipinski definition) is 1. The van der Waals surface area contributed by atoms with Gasteiger partial charge < -0.3 is 5.11 Å². The Morgan fingerprint density at radius 2 is 1.60 bits per heavy atom. The molecule has 0 amide bonds. The van der Waals surface area contributed by atoms with Crippen LogP contribution < -0.4 is 5.06 Å². The summed E-state index contributed by atoms with van der Waals surface area (Å²) in [6.07, 6.45) is -0.00888. The monoisotopic (exact) mass is 269 g/mol. The normalized spacial score (nSPS) is 25.9. The zero-order valence-corrected chi connectivity index (χ0v) is 11.5. The first kappa shape index (κ1) is 13.2. The molecule has 3 rings (SSSR count). The first-order valence-electron chi connectivity index (χ1n) is 6.98. The summed E-state index contributed by atoms with van der Waals surface area (Å²) in [6.45, 7) is 2.13. The third-order valence-electron chi connectivity index (χ3n) is 3.90. The number of benzene rings is 2. The van der Waals surface area contributed by atoms with E-state index in [0.717, 1.165) is 5.69 Å². The molecule has 0 aliphatic carbocycles. The van der Waals surface area contributed by atoms with Crippen LogP contribution in [0.3, 0.4) is 0 Å². The highest BCUT2D eigenvalue weighted by Gasteiger charge is 2.41. The van der Waals surface area contributed by atoms with Crippen molar-refractivity contribution in [1.29, 1.82) is 0 Å². The predicted octanol–water partition coefficient (Wildman–Crippen LogP) is 3.18. The minimum Gasteiger partial charge on any atom is -0.396 e. The largest absolute Gasteiger partial charge is 0.396 e. The van der Waals surface area contributed by atoms with Crippen molar-refractivity contribution in [3.8, 4) is 0 Å². The second-order valence-electron chi connectivity index (χ2n) is 5.17. The Balaban J connectivity index is 2.00. The summed E-state index contributed by atoms with van der Waals surface area (Å²) in [4.78, 5) is 5.99. The molecule has 1 N–H and O–H groups in total. The Hall–Kier alpha value is -1.84. The second kappa shape index (κ2) is 5.65. The maximum atomic E-state index is 9.73. The van der Waals surface area contributed by atoms with Gasteiger partial charge in [-0.25, -0.2) is 5.06 Å². The lowest BCUT2D eigenvalue weighted by atomic mass is 9.90. The molecule has 0 bridgehead atoms. The van der Waals surface area contributed by atoms with Gasteiger partial charge in [0, 0.05) is 5.92 Å². The van der Waals surface area contributed by atoms with Crippen molar-refractivity contribution in [2.45, 2.75) is 19.1 Å². The van der Waals surface area contributed by atoms with Crippen LogP contribution in [0.15, 0.2) is 60.7 Å². The van der Waals surface area contributed by atoms with Crippen molar-refractivity contribution < 1.29 is 9.94 Å². The van der Waals surface area contributed by atoms with Crippen LogP contribution in [0.4, 0.5) is 5.69 Å². The van der Waals surface area contributed by atoms with E-state index in [-0.39, 0.29) is 24.7 Å². The molecule has 1 aliphatic rings. The summed E-state index contributed by atoms with van der Waals surface area (Å²) in [5.41, 5.74) is 2.18. The SMILES string of the molecule is C[C@@H]1ON(c2ccccc2)[C@@H](c2ccccc2)[C@H]1CO. The van der Waals surface area contributed by atoms with Crippen LogP contribution in [0.25, 0.3) is 0 Å². The molecule has 2 aromatic rings. The molecule has 20 heavy (non-hydrogen) atoms. The third kappa shape index (κ3) is 2.30. The van der Waals surface area contributed by atoms with Gasteiger partial charge >= 0.3 is 0 Å². The van der Waals surface area contributed by atoms with Gasteiger partial charge in [0.25, 0.3) is 0 Å². The van der Waals surface area contributed by atoms with Crippen LogP contribution in [0.1, 0.15) is 18.5 Å². The molecule has 3 nitrogen and oxygen atoms in total. The van der Waals surface area contributed by atoms with E-state index in [9.17, 15) is 5.11 Å². The summed E-state index contributed by atoms with van der Waals surface area (Å²) < 4.78 is 0. The molecule has 0 saturated carbocycles. The summed E-state index contributed by atoms with van der Waals surface area (Å²) in [5.74, 6) is 0.0672. The highest BCUT2D eigenvalue weighted by Crippen LogP contribution is 2.41. The maximum Gasteiger partial charge on any atom is 0.0902 e. The zero-order chi connectivity index (χ0) is 13.9. The predicted molar refractivity (Wildman–Crippen MR) is 79.2 cm³/mol. The molecule has 0 spiro atoms. The van der Waals surface area contributed by atoms with Crippen molar-refractivity contribution in [2.75, 3.05) is 11.7 Å². The topological polar surface area (TPSA) is 32.7 Å². The van der Waals surface area contributed by atoms with E-state index in [1.807, 2.05) is 60.5 Å². The van der Waals surface area contributed by atoms with Gasteiger partial charge in [0.05, 0.1) is 24.4 Å². The van der Waals surface area contributed by atoms with Crippen molar-refractivity contribution in [2.24, 2.45) is 5.92 Å². The molecule has 3 atom stereocenters. The van der Waals surface area contributed by atoms with Gasteiger partial charge in [-0.2, -0.15) is 0 Å². The van der Waals surface area contributed by atoms with Gasteiger partial charge in [-0.1, -0.05) is 48.5 Å². The van der Waals surface area contributed by atoms with Crippen molar-refractivity contribution in [1.82, 2.24) is 0 Å². The average Bonchev–Trinajstić information content (AvgIpc) is 2.85. The van der Waals surface area contributed by atoms with Gasteiger partial charge in [0.2, 0.25) is 0 Å². The lowest BCUT2D eigenvalue weighted by molar-refractivity contribution is 0.0695. The molecule has 104 valence electrons. The number of aliphatic hydroxyl groups excluding tert-OH is 1. The third-order valence-corrected chi connectivity index (χ3v) is 3.90. The van der Waals surface area contributed by atoms with Crippen LogP contribution in [0.2, 0.25) is 0 Å². The van der Waals surface area contributed by atoms with Gasteiger partial charge in [-0.15, -0.1) is 0 Å². The Labute approximate surface area is 119 Å². The van der Waals surface area contributed by atoms with Crippen molar-refractivity contribution >= 4 is 5.69 Å². The number of nitrogens with zero attached hydrogens (tertiary/aromatic N) is 1. The summed E-state index contributed by atoms with van der Waals surface area (Å²) in [5, 5.41) is 11.7. The van der Waals surface area contributed by atoms with Crippen LogP contribution in [0, 0.1) is 5.92 Å². The van der Waals surface area contributed by atoms with Crippen molar-refractivity contribution in [3.63, 3.8) is 0 Å². The minimum absolute atomic E-state index is 0.00888. The number of para-hydroxylation sites is 1. The maximum absolute atomic E-state index is 9.73. The molecular formula is C17H19NO2. The lowest BCUT2D eigenvalue weighted by Gasteiger charge is -2.27. The lowest BCUT2D eigenvalue weighted by Crippen LogP contribution is -2.25. The number of anilines is 1. The number of hydrogen-bond acceptors (Lipinski definition) is 3. The average molecular weight is 269 g/mol. The molecule has 1 saturated heterocycles. The molecule has 1 fully saturated rings. The number of rotatable bonds is 3. The highest BCUT2D eigenvalue weighted by molar-refractivity contribution is 5.47. The second-order valence-corrected chi connectivity index (χ2v) is 5.17. The van der Waals surface area contributed by atoms with Crippen LogP contribution >= 0.6 is 0 Å². The zero-order valence-electron chi connectivity index (χ0n) is 11.5. The standard InChI is InChI=1S/C17H19NO2/c1-13-16(12-19)17(14-8-4-2-5-9-14)18(20-13)15-10-6-3-7-11-15/h2-11,13,16-17,19H,12H2,1H3/t13-,16-,17-/m0/s1. The van der Waals surface area contributed by atoms with E-state index in [1.165, 1.54) is 5.56 Å². The Morgan fingerprint density at radius 1 is 1.00 bits per heavy atom. The number of aliphatic hydroxyl groups is 1. The van der Waals surface area contributed by atoms with Gasteiger partial charge in [-0.05, 0) is 24.6 Å². The Kier molecular flexibility index (Phi) is 3.72. The van der Waals surface area contributed by atoms with Crippen LogP contribution in [0.5, 0.6) is 0 Å². The van der Waals surface area contributed by atoms with Gasteiger partial charge in [0.1, 0.15) is 0 Å².